The highest BCUT2D eigenvalue weighted by atomic mass is 16.1. The van der Waals surface area contributed by atoms with Crippen LogP contribution in [0.25, 0.3) is 0 Å². The van der Waals surface area contributed by atoms with Gasteiger partial charge in [0.2, 0.25) is 5.91 Å². The molecular formula is C12H18N2O. The molecule has 0 spiro atoms. The molecule has 0 aromatic heterocycles. The van der Waals surface area contributed by atoms with E-state index in [0.717, 1.165) is 11.4 Å². The predicted molar refractivity (Wildman–Crippen MR) is 64.1 cm³/mol. The summed E-state index contributed by atoms with van der Waals surface area (Å²) in [7, 11) is 0. The molecule has 0 unspecified atom stereocenters. The highest BCUT2D eigenvalue weighted by molar-refractivity contribution is 5.90. The van der Waals surface area contributed by atoms with E-state index in [9.17, 15) is 4.79 Å². The first-order chi connectivity index (χ1) is 7.11. The van der Waals surface area contributed by atoms with E-state index >= 15 is 0 Å². The summed E-state index contributed by atoms with van der Waals surface area (Å²) in [5, 5.41) is 6.11. The Hall–Kier alpha value is -1.51. The Kier molecular flexibility index (Phi) is 4.16. The normalized spacial score (nSPS) is 10.1. The summed E-state index contributed by atoms with van der Waals surface area (Å²) in [4.78, 5) is 11.2. The Morgan fingerprint density at radius 2 is 2.00 bits per heavy atom. The third-order valence-electron chi connectivity index (χ3n) is 1.92. The van der Waals surface area contributed by atoms with Crippen molar-refractivity contribution in [3.05, 3.63) is 24.3 Å². The molecule has 0 bridgehead atoms. The zero-order valence-corrected chi connectivity index (χ0v) is 9.50. The summed E-state index contributed by atoms with van der Waals surface area (Å²) >= 11 is 0. The Balaban J connectivity index is 2.69. The molecule has 1 rings (SSSR count). The number of carbonyl (C=O) groups is 1. The molecule has 1 amide bonds. The summed E-state index contributed by atoms with van der Waals surface area (Å²) in [5.41, 5.74) is 1.87. The first kappa shape index (κ1) is 11.6. The van der Waals surface area contributed by atoms with E-state index in [-0.39, 0.29) is 5.91 Å². The van der Waals surface area contributed by atoms with Crippen LogP contribution in [0, 0.1) is 0 Å². The van der Waals surface area contributed by atoms with E-state index in [2.05, 4.69) is 24.5 Å². The van der Waals surface area contributed by atoms with Gasteiger partial charge in [-0.2, -0.15) is 0 Å². The standard InChI is InChI=1S/C12H18N2O/c1-4-12(15)14-11-7-5-6-10(8-11)13-9(2)3/h5-9,13H,4H2,1-3H3,(H,14,15). The van der Waals surface area contributed by atoms with Crippen LogP contribution in [0.4, 0.5) is 11.4 Å². The fourth-order valence-corrected chi connectivity index (χ4v) is 1.27. The third-order valence-corrected chi connectivity index (χ3v) is 1.92. The Labute approximate surface area is 90.9 Å². The molecule has 3 heteroatoms. The molecular weight excluding hydrogens is 188 g/mol. The van der Waals surface area contributed by atoms with Crippen LogP contribution < -0.4 is 10.6 Å². The molecule has 0 saturated heterocycles. The minimum atomic E-state index is 0.0386. The summed E-state index contributed by atoms with van der Waals surface area (Å²) in [6, 6.07) is 8.13. The van der Waals surface area contributed by atoms with Crippen molar-refractivity contribution < 1.29 is 4.79 Å². The van der Waals surface area contributed by atoms with Gasteiger partial charge < -0.3 is 10.6 Å². The van der Waals surface area contributed by atoms with Gasteiger partial charge >= 0.3 is 0 Å². The maximum absolute atomic E-state index is 11.2. The number of hydrogen-bond donors (Lipinski definition) is 2. The molecule has 15 heavy (non-hydrogen) atoms. The molecule has 0 aliphatic rings. The van der Waals surface area contributed by atoms with Crippen molar-refractivity contribution in [1.29, 1.82) is 0 Å². The lowest BCUT2D eigenvalue weighted by atomic mass is 10.2. The lowest BCUT2D eigenvalue weighted by molar-refractivity contribution is -0.115. The van der Waals surface area contributed by atoms with Crippen molar-refractivity contribution in [3.63, 3.8) is 0 Å². The van der Waals surface area contributed by atoms with E-state index in [1.807, 2.05) is 31.2 Å². The van der Waals surface area contributed by atoms with Crippen molar-refractivity contribution in [2.45, 2.75) is 33.2 Å². The minimum absolute atomic E-state index is 0.0386. The van der Waals surface area contributed by atoms with Gasteiger partial charge in [-0.15, -0.1) is 0 Å². The smallest absolute Gasteiger partial charge is 0.224 e. The highest BCUT2D eigenvalue weighted by Crippen LogP contribution is 2.15. The second-order valence-corrected chi connectivity index (χ2v) is 3.78. The van der Waals surface area contributed by atoms with Crippen LogP contribution in [0.3, 0.4) is 0 Å². The molecule has 0 heterocycles. The quantitative estimate of drug-likeness (QED) is 0.795. The largest absolute Gasteiger partial charge is 0.383 e. The van der Waals surface area contributed by atoms with Crippen LogP contribution in [-0.2, 0) is 4.79 Å². The van der Waals surface area contributed by atoms with Gasteiger partial charge in [-0.1, -0.05) is 13.0 Å². The number of nitrogens with one attached hydrogen (secondary N) is 2. The third kappa shape index (κ3) is 4.02. The van der Waals surface area contributed by atoms with Gasteiger partial charge in [-0.3, -0.25) is 4.79 Å². The lowest BCUT2D eigenvalue weighted by Gasteiger charge is -2.11. The molecule has 82 valence electrons. The average Bonchev–Trinajstić information content (AvgIpc) is 2.17. The number of benzene rings is 1. The van der Waals surface area contributed by atoms with Crippen LogP contribution >= 0.6 is 0 Å². The van der Waals surface area contributed by atoms with Gasteiger partial charge in [0.05, 0.1) is 0 Å². The van der Waals surface area contributed by atoms with Gasteiger partial charge in [0.25, 0.3) is 0 Å². The predicted octanol–water partition coefficient (Wildman–Crippen LogP) is 2.86. The van der Waals surface area contributed by atoms with Gasteiger partial charge in [0.1, 0.15) is 0 Å². The molecule has 0 saturated carbocycles. The maximum Gasteiger partial charge on any atom is 0.224 e. The summed E-state index contributed by atoms with van der Waals surface area (Å²) < 4.78 is 0. The molecule has 0 fully saturated rings. The van der Waals surface area contributed by atoms with E-state index in [0.29, 0.717) is 12.5 Å². The fourth-order valence-electron chi connectivity index (χ4n) is 1.27. The topological polar surface area (TPSA) is 41.1 Å². The maximum atomic E-state index is 11.2. The first-order valence-corrected chi connectivity index (χ1v) is 5.28. The van der Waals surface area contributed by atoms with Crippen molar-refractivity contribution in [2.75, 3.05) is 10.6 Å². The van der Waals surface area contributed by atoms with E-state index in [1.54, 1.807) is 0 Å². The van der Waals surface area contributed by atoms with E-state index in [4.69, 9.17) is 0 Å². The minimum Gasteiger partial charge on any atom is -0.383 e. The van der Waals surface area contributed by atoms with E-state index < -0.39 is 0 Å². The van der Waals surface area contributed by atoms with Crippen molar-refractivity contribution in [2.24, 2.45) is 0 Å². The molecule has 0 radical (unpaired) electrons. The number of hydrogen-bond acceptors (Lipinski definition) is 2. The second-order valence-electron chi connectivity index (χ2n) is 3.78. The molecule has 2 N–H and O–H groups in total. The Morgan fingerprint density at radius 1 is 1.33 bits per heavy atom. The van der Waals surface area contributed by atoms with Crippen LogP contribution in [-0.4, -0.2) is 11.9 Å². The zero-order chi connectivity index (χ0) is 11.3. The molecule has 0 atom stereocenters. The van der Waals surface area contributed by atoms with Crippen molar-refractivity contribution in [3.8, 4) is 0 Å². The average molecular weight is 206 g/mol. The van der Waals surface area contributed by atoms with E-state index in [1.165, 1.54) is 0 Å². The number of anilines is 2. The monoisotopic (exact) mass is 206 g/mol. The molecule has 0 aliphatic carbocycles. The van der Waals surface area contributed by atoms with Gasteiger partial charge in [0, 0.05) is 23.8 Å². The molecule has 1 aromatic rings. The van der Waals surface area contributed by atoms with Crippen LogP contribution in [0.2, 0.25) is 0 Å². The Bertz CT molecular complexity index is 334. The van der Waals surface area contributed by atoms with Crippen molar-refractivity contribution >= 4 is 17.3 Å². The van der Waals surface area contributed by atoms with Crippen LogP contribution in [0.1, 0.15) is 27.2 Å². The molecule has 0 aliphatic heterocycles. The fraction of sp³-hybridized carbons (Fsp3) is 0.417. The molecule has 1 aromatic carbocycles. The number of amides is 1. The molecule has 3 nitrogen and oxygen atoms in total. The van der Waals surface area contributed by atoms with Gasteiger partial charge in [-0.25, -0.2) is 0 Å². The summed E-state index contributed by atoms with van der Waals surface area (Å²) in [5.74, 6) is 0.0386. The Morgan fingerprint density at radius 3 is 2.60 bits per heavy atom. The van der Waals surface area contributed by atoms with Crippen molar-refractivity contribution in [1.82, 2.24) is 0 Å². The van der Waals surface area contributed by atoms with Gasteiger partial charge in [0.15, 0.2) is 0 Å². The SMILES string of the molecule is CCC(=O)Nc1cccc(NC(C)C)c1. The van der Waals surface area contributed by atoms with Crippen LogP contribution in [0.15, 0.2) is 24.3 Å². The zero-order valence-electron chi connectivity index (χ0n) is 9.50. The first-order valence-electron chi connectivity index (χ1n) is 5.28. The summed E-state index contributed by atoms with van der Waals surface area (Å²) in [6.07, 6.45) is 0.502. The number of rotatable bonds is 4. The highest BCUT2D eigenvalue weighted by Gasteiger charge is 2.00. The van der Waals surface area contributed by atoms with Gasteiger partial charge in [-0.05, 0) is 32.0 Å². The number of carbonyl (C=O) groups excluding carboxylic acids is 1. The van der Waals surface area contributed by atoms with Crippen LogP contribution in [0.5, 0.6) is 0 Å². The second kappa shape index (κ2) is 5.39. The summed E-state index contributed by atoms with van der Waals surface area (Å²) in [6.45, 7) is 6.00. The lowest BCUT2D eigenvalue weighted by Crippen LogP contribution is -2.11.